The highest BCUT2D eigenvalue weighted by atomic mass is 16.5. The minimum absolute atomic E-state index is 0.0125. The van der Waals surface area contributed by atoms with Gasteiger partial charge >= 0.3 is 5.97 Å². The van der Waals surface area contributed by atoms with Crippen molar-refractivity contribution in [1.82, 2.24) is 9.80 Å². The van der Waals surface area contributed by atoms with E-state index in [4.69, 9.17) is 9.84 Å². The Morgan fingerprint density at radius 3 is 2.54 bits per heavy atom. The second kappa shape index (κ2) is 8.68. The Bertz CT molecular complexity index is 559. The van der Waals surface area contributed by atoms with Gasteiger partial charge in [-0.05, 0) is 37.6 Å². The molecule has 1 fully saturated rings. The van der Waals surface area contributed by atoms with Crippen molar-refractivity contribution in [2.24, 2.45) is 0 Å². The summed E-state index contributed by atoms with van der Waals surface area (Å²) in [4.78, 5) is 27.0. The van der Waals surface area contributed by atoms with Gasteiger partial charge < -0.3 is 14.7 Å². The third-order valence-corrected chi connectivity index (χ3v) is 4.38. The zero-order valence-corrected chi connectivity index (χ0v) is 14.4. The fourth-order valence-electron chi connectivity index (χ4n) is 3.19. The van der Waals surface area contributed by atoms with Crippen LogP contribution in [0.4, 0.5) is 0 Å². The molecule has 6 heteroatoms. The first-order valence-corrected chi connectivity index (χ1v) is 8.35. The maximum atomic E-state index is 12.7. The Kier molecular flexibility index (Phi) is 6.61. The fraction of sp³-hybridized carbons (Fsp3) is 0.556. The number of amides is 1. The van der Waals surface area contributed by atoms with Crippen LogP contribution < -0.4 is 4.74 Å². The number of hydrogen-bond acceptors (Lipinski definition) is 4. The van der Waals surface area contributed by atoms with Crippen LogP contribution in [0.2, 0.25) is 0 Å². The molecule has 1 aliphatic rings. The Morgan fingerprint density at radius 1 is 1.21 bits per heavy atom. The molecule has 0 spiro atoms. The number of benzene rings is 1. The number of nitrogens with zero attached hydrogens (tertiary/aromatic N) is 2. The van der Waals surface area contributed by atoms with Crippen LogP contribution in [0.15, 0.2) is 24.3 Å². The smallest absolute Gasteiger partial charge is 0.317 e. The van der Waals surface area contributed by atoms with Gasteiger partial charge in [-0.2, -0.15) is 0 Å². The van der Waals surface area contributed by atoms with Crippen molar-refractivity contribution in [3.05, 3.63) is 29.8 Å². The van der Waals surface area contributed by atoms with Gasteiger partial charge in [-0.25, -0.2) is 0 Å². The van der Waals surface area contributed by atoms with Crippen molar-refractivity contribution >= 4 is 11.9 Å². The first-order valence-electron chi connectivity index (χ1n) is 8.35. The molecule has 1 saturated heterocycles. The minimum Gasteiger partial charge on any atom is -0.497 e. The standard InChI is InChI=1S/C18H26N2O4/c1-19(13-18(22)23)12-17(21)20-11-5-3-4-6-16(20)14-7-9-15(24-2)10-8-14/h7-10,16H,3-6,11-13H2,1-2H3,(H,22,23). The first-order chi connectivity index (χ1) is 11.5. The summed E-state index contributed by atoms with van der Waals surface area (Å²) < 4.78 is 5.20. The van der Waals surface area contributed by atoms with Crippen molar-refractivity contribution in [2.45, 2.75) is 31.7 Å². The van der Waals surface area contributed by atoms with Crippen LogP contribution >= 0.6 is 0 Å². The summed E-state index contributed by atoms with van der Waals surface area (Å²) in [5.74, 6) is -0.138. The molecule has 132 valence electrons. The molecule has 1 aromatic carbocycles. The molecule has 0 radical (unpaired) electrons. The van der Waals surface area contributed by atoms with Crippen LogP contribution in [0.25, 0.3) is 0 Å². The summed E-state index contributed by atoms with van der Waals surface area (Å²) in [6, 6.07) is 7.90. The molecule has 24 heavy (non-hydrogen) atoms. The Morgan fingerprint density at radius 2 is 1.92 bits per heavy atom. The van der Waals surface area contributed by atoms with Gasteiger partial charge in [0.1, 0.15) is 5.75 Å². The number of carboxylic acid groups (broad SMARTS) is 1. The van der Waals surface area contributed by atoms with Crippen LogP contribution in [0.3, 0.4) is 0 Å². The second-order valence-corrected chi connectivity index (χ2v) is 6.29. The number of aliphatic carboxylic acids is 1. The first kappa shape index (κ1) is 18.3. The van der Waals surface area contributed by atoms with E-state index in [1.165, 1.54) is 0 Å². The normalized spacial score (nSPS) is 18.3. The molecular formula is C18H26N2O4. The molecule has 1 N–H and O–H groups in total. The number of hydrogen-bond donors (Lipinski definition) is 1. The van der Waals surface area contributed by atoms with E-state index < -0.39 is 5.97 Å². The predicted molar refractivity (Wildman–Crippen MR) is 91.0 cm³/mol. The average molecular weight is 334 g/mol. The molecule has 6 nitrogen and oxygen atoms in total. The van der Waals surface area contributed by atoms with Gasteiger partial charge in [0, 0.05) is 6.54 Å². The number of carbonyl (C=O) groups is 2. The van der Waals surface area contributed by atoms with Crippen LogP contribution in [-0.2, 0) is 9.59 Å². The van der Waals surface area contributed by atoms with Crippen molar-refractivity contribution in [3.63, 3.8) is 0 Å². The molecule has 0 aromatic heterocycles. The summed E-state index contributed by atoms with van der Waals surface area (Å²) in [6.45, 7) is 0.710. The van der Waals surface area contributed by atoms with Gasteiger partial charge in [0.25, 0.3) is 0 Å². The van der Waals surface area contributed by atoms with Crippen LogP contribution in [-0.4, -0.2) is 60.6 Å². The molecule has 1 aromatic rings. The van der Waals surface area contributed by atoms with Gasteiger partial charge in [-0.15, -0.1) is 0 Å². The number of likely N-dealkylation sites (tertiary alicyclic amines) is 1. The molecule has 2 rings (SSSR count). The zero-order valence-electron chi connectivity index (χ0n) is 14.4. The van der Waals surface area contributed by atoms with E-state index in [0.29, 0.717) is 0 Å². The average Bonchev–Trinajstić information content (AvgIpc) is 2.80. The third-order valence-electron chi connectivity index (χ3n) is 4.38. The SMILES string of the molecule is COc1ccc(C2CCCCCN2C(=O)CN(C)CC(=O)O)cc1. The lowest BCUT2D eigenvalue weighted by Gasteiger charge is -2.32. The summed E-state index contributed by atoms with van der Waals surface area (Å²) in [5, 5.41) is 8.85. The fourth-order valence-corrected chi connectivity index (χ4v) is 3.19. The number of likely N-dealkylation sites (N-methyl/N-ethyl adjacent to an activating group) is 1. The summed E-state index contributed by atoms with van der Waals surface area (Å²) in [5.41, 5.74) is 1.10. The molecule has 1 unspecified atom stereocenters. The number of ether oxygens (including phenoxy) is 1. The largest absolute Gasteiger partial charge is 0.497 e. The summed E-state index contributed by atoms with van der Waals surface area (Å²) in [7, 11) is 3.29. The molecule has 1 heterocycles. The van der Waals surface area contributed by atoms with Crippen molar-refractivity contribution < 1.29 is 19.4 Å². The van der Waals surface area contributed by atoms with Crippen molar-refractivity contribution in [1.29, 1.82) is 0 Å². The quantitative estimate of drug-likeness (QED) is 0.863. The minimum atomic E-state index is -0.923. The van der Waals surface area contributed by atoms with Gasteiger partial charge in [0.05, 0.1) is 26.2 Å². The highest BCUT2D eigenvalue weighted by Crippen LogP contribution is 2.31. The molecule has 0 bridgehead atoms. The maximum absolute atomic E-state index is 12.7. The maximum Gasteiger partial charge on any atom is 0.317 e. The molecule has 0 aliphatic carbocycles. The number of carbonyl (C=O) groups excluding carboxylic acids is 1. The van der Waals surface area contributed by atoms with Crippen molar-refractivity contribution in [3.8, 4) is 5.75 Å². The van der Waals surface area contributed by atoms with E-state index in [-0.39, 0.29) is 25.0 Å². The van der Waals surface area contributed by atoms with E-state index in [1.807, 2.05) is 29.2 Å². The predicted octanol–water partition coefficient (Wildman–Crippen LogP) is 2.16. The van der Waals surface area contributed by atoms with Crippen LogP contribution in [0.5, 0.6) is 5.75 Å². The second-order valence-electron chi connectivity index (χ2n) is 6.29. The van der Waals surface area contributed by atoms with E-state index >= 15 is 0 Å². The van der Waals surface area contributed by atoms with E-state index in [9.17, 15) is 9.59 Å². The molecule has 0 saturated carbocycles. The number of rotatable bonds is 6. The van der Waals surface area contributed by atoms with Gasteiger partial charge in [-0.3, -0.25) is 14.5 Å². The lowest BCUT2D eigenvalue weighted by atomic mass is 10.0. The number of methoxy groups -OCH3 is 1. The Hall–Kier alpha value is -2.08. The van der Waals surface area contributed by atoms with Crippen LogP contribution in [0, 0.1) is 0 Å². The summed E-state index contributed by atoms with van der Waals surface area (Å²) in [6.07, 6.45) is 4.12. The van der Waals surface area contributed by atoms with Crippen LogP contribution in [0.1, 0.15) is 37.3 Å². The lowest BCUT2D eigenvalue weighted by Crippen LogP contribution is -2.42. The molecule has 1 aliphatic heterocycles. The van der Waals surface area contributed by atoms with E-state index in [1.54, 1.807) is 19.1 Å². The topological polar surface area (TPSA) is 70.1 Å². The van der Waals surface area contributed by atoms with Crippen molar-refractivity contribution in [2.75, 3.05) is 33.8 Å². The monoisotopic (exact) mass is 334 g/mol. The van der Waals surface area contributed by atoms with Gasteiger partial charge in [-0.1, -0.05) is 25.0 Å². The molecule has 1 atom stereocenters. The zero-order chi connectivity index (χ0) is 17.5. The highest BCUT2D eigenvalue weighted by Gasteiger charge is 2.27. The van der Waals surface area contributed by atoms with E-state index in [0.717, 1.165) is 43.5 Å². The van der Waals surface area contributed by atoms with E-state index in [2.05, 4.69) is 0 Å². The lowest BCUT2D eigenvalue weighted by molar-refractivity contribution is -0.139. The Labute approximate surface area is 143 Å². The summed E-state index contributed by atoms with van der Waals surface area (Å²) >= 11 is 0. The molecule has 1 amide bonds. The molecular weight excluding hydrogens is 308 g/mol. The Balaban J connectivity index is 2.13. The highest BCUT2D eigenvalue weighted by molar-refractivity contribution is 5.79. The third kappa shape index (κ3) is 4.96. The van der Waals surface area contributed by atoms with Gasteiger partial charge in [0.15, 0.2) is 0 Å². The number of carboxylic acids is 1. The van der Waals surface area contributed by atoms with Gasteiger partial charge in [0.2, 0.25) is 5.91 Å².